The molecule has 0 saturated carbocycles. The molecule has 1 atom stereocenters. The van der Waals surface area contributed by atoms with Gasteiger partial charge in [-0.1, -0.05) is 0 Å². The predicted octanol–water partition coefficient (Wildman–Crippen LogP) is -0.435. The number of carbonyl (C=O) groups excluding carboxylic acids is 1. The number of methoxy groups -OCH3 is 1. The maximum Gasteiger partial charge on any atom is 0.222 e. The molecule has 112 valence electrons. The summed E-state index contributed by atoms with van der Waals surface area (Å²) in [5.41, 5.74) is 0. The van der Waals surface area contributed by atoms with Crippen LogP contribution in [0.4, 0.5) is 0 Å². The summed E-state index contributed by atoms with van der Waals surface area (Å²) < 4.78 is 10.1. The highest BCUT2D eigenvalue weighted by molar-refractivity contribution is 5.76. The van der Waals surface area contributed by atoms with Crippen molar-refractivity contribution in [1.82, 2.24) is 9.80 Å². The first-order valence-corrected chi connectivity index (χ1v) is 6.84. The van der Waals surface area contributed by atoms with Gasteiger partial charge >= 0.3 is 0 Å². The van der Waals surface area contributed by atoms with Gasteiger partial charge in [0.1, 0.15) is 0 Å². The van der Waals surface area contributed by atoms with Gasteiger partial charge in [0.15, 0.2) is 0 Å². The molecule has 1 heterocycles. The van der Waals surface area contributed by atoms with Crippen molar-refractivity contribution in [3.8, 4) is 0 Å². The number of rotatable bonds is 8. The van der Waals surface area contributed by atoms with Crippen LogP contribution in [-0.2, 0) is 14.3 Å². The van der Waals surface area contributed by atoms with Gasteiger partial charge in [0.05, 0.1) is 25.9 Å². The molecule has 6 heteroatoms. The van der Waals surface area contributed by atoms with Crippen LogP contribution >= 0.6 is 0 Å². The molecule has 1 aliphatic heterocycles. The van der Waals surface area contributed by atoms with E-state index in [9.17, 15) is 9.90 Å². The van der Waals surface area contributed by atoms with E-state index in [-0.39, 0.29) is 5.91 Å². The molecule has 0 aromatic carbocycles. The second-order valence-electron chi connectivity index (χ2n) is 4.97. The van der Waals surface area contributed by atoms with Crippen LogP contribution in [0.3, 0.4) is 0 Å². The zero-order valence-electron chi connectivity index (χ0n) is 12.0. The SMILES string of the molecule is COCC(O)CN(C)CCCC(=O)N1CCOCC1. The van der Waals surface area contributed by atoms with E-state index in [1.54, 1.807) is 7.11 Å². The predicted molar refractivity (Wildman–Crippen MR) is 72.0 cm³/mol. The van der Waals surface area contributed by atoms with Crippen LogP contribution in [0.1, 0.15) is 12.8 Å². The molecular weight excluding hydrogens is 248 g/mol. The Morgan fingerprint density at radius 3 is 2.79 bits per heavy atom. The average Bonchev–Trinajstić information content (AvgIpc) is 2.39. The number of nitrogens with zero attached hydrogens (tertiary/aromatic N) is 2. The van der Waals surface area contributed by atoms with Crippen LogP contribution in [0.15, 0.2) is 0 Å². The van der Waals surface area contributed by atoms with Crippen molar-refractivity contribution in [2.75, 3.05) is 60.2 Å². The largest absolute Gasteiger partial charge is 0.389 e. The number of morpholine rings is 1. The number of amides is 1. The Labute approximate surface area is 115 Å². The first-order valence-electron chi connectivity index (χ1n) is 6.84. The van der Waals surface area contributed by atoms with E-state index in [1.807, 2.05) is 16.8 Å². The van der Waals surface area contributed by atoms with Gasteiger partial charge in [-0.15, -0.1) is 0 Å². The highest BCUT2D eigenvalue weighted by Crippen LogP contribution is 2.03. The van der Waals surface area contributed by atoms with Gasteiger partial charge in [0.2, 0.25) is 5.91 Å². The van der Waals surface area contributed by atoms with Gasteiger partial charge < -0.3 is 24.4 Å². The van der Waals surface area contributed by atoms with Crippen molar-refractivity contribution < 1.29 is 19.4 Å². The Bertz CT molecular complexity index is 257. The Morgan fingerprint density at radius 2 is 2.16 bits per heavy atom. The Kier molecular flexibility index (Phi) is 7.97. The first-order chi connectivity index (χ1) is 9.13. The summed E-state index contributed by atoms with van der Waals surface area (Å²) in [4.78, 5) is 15.8. The van der Waals surface area contributed by atoms with Crippen molar-refractivity contribution in [2.45, 2.75) is 18.9 Å². The van der Waals surface area contributed by atoms with Gasteiger partial charge in [0.25, 0.3) is 0 Å². The lowest BCUT2D eigenvalue weighted by Gasteiger charge is -2.27. The third kappa shape index (κ3) is 6.87. The van der Waals surface area contributed by atoms with Crippen LogP contribution in [0.25, 0.3) is 0 Å². The maximum atomic E-state index is 11.9. The molecule has 0 aromatic heterocycles. The molecule has 1 N–H and O–H groups in total. The molecule has 1 fully saturated rings. The lowest BCUT2D eigenvalue weighted by molar-refractivity contribution is -0.135. The van der Waals surface area contributed by atoms with Gasteiger partial charge in [-0.25, -0.2) is 0 Å². The molecule has 1 rings (SSSR count). The van der Waals surface area contributed by atoms with E-state index in [4.69, 9.17) is 9.47 Å². The molecular formula is C13H26N2O4. The van der Waals surface area contributed by atoms with Crippen LogP contribution in [0, 0.1) is 0 Å². The van der Waals surface area contributed by atoms with Crippen molar-refractivity contribution in [1.29, 1.82) is 0 Å². The number of aliphatic hydroxyl groups excluding tert-OH is 1. The van der Waals surface area contributed by atoms with E-state index in [0.717, 1.165) is 13.0 Å². The topological polar surface area (TPSA) is 62.2 Å². The average molecular weight is 274 g/mol. The molecule has 6 nitrogen and oxygen atoms in total. The van der Waals surface area contributed by atoms with Crippen LogP contribution in [-0.4, -0.2) is 87.1 Å². The summed E-state index contributed by atoms with van der Waals surface area (Å²) in [5, 5.41) is 9.58. The molecule has 19 heavy (non-hydrogen) atoms. The van der Waals surface area contributed by atoms with E-state index < -0.39 is 6.10 Å². The van der Waals surface area contributed by atoms with Gasteiger partial charge in [-0.05, 0) is 20.0 Å². The molecule has 0 aromatic rings. The minimum absolute atomic E-state index is 0.203. The molecule has 0 aliphatic carbocycles. The second-order valence-corrected chi connectivity index (χ2v) is 4.97. The highest BCUT2D eigenvalue weighted by atomic mass is 16.5. The molecule has 0 bridgehead atoms. The summed E-state index contributed by atoms with van der Waals surface area (Å²) in [6.07, 6.45) is 0.904. The van der Waals surface area contributed by atoms with E-state index in [1.165, 1.54) is 0 Å². The highest BCUT2D eigenvalue weighted by Gasteiger charge is 2.16. The number of hydrogen-bond donors (Lipinski definition) is 1. The van der Waals surface area contributed by atoms with Crippen LogP contribution in [0.5, 0.6) is 0 Å². The van der Waals surface area contributed by atoms with Crippen molar-refractivity contribution in [3.63, 3.8) is 0 Å². The third-order valence-corrected chi connectivity index (χ3v) is 3.18. The summed E-state index contributed by atoms with van der Waals surface area (Å²) in [6, 6.07) is 0. The molecule has 1 saturated heterocycles. The van der Waals surface area contributed by atoms with Crippen LogP contribution < -0.4 is 0 Å². The van der Waals surface area contributed by atoms with Gasteiger partial charge in [0, 0.05) is 33.2 Å². The zero-order chi connectivity index (χ0) is 14.1. The lowest BCUT2D eigenvalue weighted by atomic mass is 10.2. The molecule has 0 spiro atoms. The van der Waals surface area contributed by atoms with Crippen molar-refractivity contribution in [2.24, 2.45) is 0 Å². The number of aliphatic hydroxyl groups is 1. The lowest BCUT2D eigenvalue weighted by Crippen LogP contribution is -2.41. The molecule has 0 radical (unpaired) electrons. The standard InChI is InChI=1S/C13H26N2O4/c1-14(10-12(16)11-18-2)5-3-4-13(17)15-6-8-19-9-7-15/h12,16H,3-11H2,1-2H3. The summed E-state index contributed by atoms with van der Waals surface area (Å²) in [7, 11) is 3.52. The smallest absolute Gasteiger partial charge is 0.222 e. The fraction of sp³-hybridized carbons (Fsp3) is 0.923. The zero-order valence-corrected chi connectivity index (χ0v) is 12.0. The van der Waals surface area contributed by atoms with Crippen molar-refractivity contribution >= 4 is 5.91 Å². The van der Waals surface area contributed by atoms with Gasteiger partial charge in [-0.3, -0.25) is 4.79 Å². The van der Waals surface area contributed by atoms with Crippen molar-refractivity contribution in [3.05, 3.63) is 0 Å². The fourth-order valence-corrected chi connectivity index (χ4v) is 2.17. The quantitative estimate of drug-likeness (QED) is 0.650. The number of carbonyl (C=O) groups is 1. The molecule has 1 amide bonds. The van der Waals surface area contributed by atoms with E-state index in [0.29, 0.717) is 45.9 Å². The minimum Gasteiger partial charge on any atom is -0.389 e. The number of hydrogen-bond acceptors (Lipinski definition) is 5. The van der Waals surface area contributed by atoms with Crippen LogP contribution in [0.2, 0.25) is 0 Å². The molecule has 1 aliphatic rings. The summed E-state index contributed by atoms with van der Waals surface area (Å²) >= 11 is 0. The number of ether oxygens (including phenoxy) is 2. The van der Waals surface area contributed by atoms with Gasteiger partial charge in [-0.2, -0.15) is 0 Å². The maximum absolute atomic E-state index is 11.9. The fourth-order valence-electron chi connectivity index (χ4n) is 2.17. The Hall–Kier alpha value is -0.690. The normalized spacial score (nSPS) is 17.8. The number of likely N-dealkylation sites (N-methyl/N-ethyl adjacent to an activating group) is 1. The Balaban J connectivity index is 2.09. The second kappa shape index (κ2) is 9.25. The molecule has 1 unspecified atom stereocenters. The van der Waals surface area contributed by atoms with E-state index >= 15 is 0 Å². The van der Waals surface area contributed by atoms with E-state index in [2.05, 4.69) is 0 Å². The third-order valence-electron chi connectivity index (χ3n) is 3.18. The first kappa shape index (κ1) is 16.4. The minimum atomic E-state index is -0.468. The monoisotopic (exact) mass is 274 g/mol. The summed E-state index contributed by atoms with van der Waals surface area (Å²) in [6.45, 7) is 4.43. The summed E-state index contributed by atoms with van der Waals surface area (Å²) in [5.74, 6) is 0.203. The Morgan fingerprint density at radius 1 is 1.47 bits per heavy atom.